The van der Waals surface area contributed by atoms with Crippen LogP contribution in [0.15, 0.2) is 11.0 Å². The fourth-order valence-corrected chi connectivity index (χ4v) is 0.276. The zero-order valence-corrected chi connectivity index (χ0v) is 6.70. The molecule has 2 N–H and O–H groups in total. The smallest absolute Gasteiger partial charge is 0.0117 e. The van der Waals surface area contributed by atoms with E-state index in [9.17, 15) is 0 Å². The summed E-state index contributed by atoms with van der Waals surface area (Å²) < 4.78 is 0. The highest BCUT2D eigenvalue weighted by Gasteiger charge is 1.68. The van der Waals surface area contributed by atoms with Crippen molar-refractivity contribution in [2.24, 2.45) is 5.73 Å². The van der Waals surface area contributed by atoms with E-state index in [1.165, 1.54) is 0 Å². The van der Waals surface area contributed by atoms with Gasteiger partial charge < -0.3 is 5.73 Å². The molecule has 0 aliphatic carbocycles. The summed E-state index contributed by atoms with van der Waals surface area (Å²) in [7, 11) is 0. The number of nitrogens with two attached hydrogens (primary N) is 1. The minimum absolute atomic E-state index is 0.593. The Hall–Kier alpha value is 0.0500. The molecule has 0 aliphatic heterocycles. The minimum atomic E-state index is 0.593. The molecule has 0 rings (SSSR count). The number of hydrogen-bond donors (Lipinski definition) is 2. The lowest BCUT2D eigenvalue weighted by molar-refractivity contribution is 1.24. The Morgan fingerprint density at radius 3 is 2.00 bits per heavy atom. The van der Waals surface area contributed by atoms with Crippen molar-refractivity contribution in [3.8, 4) is 0 Å². The molecule has 0 spiro atoms. The SMILES string of the molecule is C/C(S)=C/CN.CC. The largest absolute Gasteiger partial charge is 0.327 e. The van der Waals surface area contributed by atoms with Gasteiger partial charge in [-0.3, -0.25) is 0 Å². The van der Waals surface area contributed by atoms with Crippen molar-refractivity contribution in [1.29, 1.82) is 0 Å². The molecule has 0 fully saturated rings. The molecule has 0 aliphatic rings. The molecule has 2 heteroatoms. The quantitative estimate of drug-likeness (QED) is 0.524. The monoisotopic (exact) mass is 133 g/mol. The molecule has 0 aromatic carbocycles. The summed E-state index contributed by atoms with van der Waals surface area (Å²) in [5.41, 5.74) is 5.10. The first-order valence-electron chi connectivity index (χ1n) is 2.83. The summed E-state index contributed by atoms with van der Waals surface area (Å²) in [6.45, 7) is 6.49. The molecule has 50 valence electrons. The summed E-state index contributed by atoms with van der Waals surface area (Å²) >= 11 is 3.96. The highest BCUT2D eigenvalue weighted by molar-refractivity contribution is 7.84. The van der Waals surface area contributed by atoms with Crippen molar-refractivity contribution in [3.63, 3.8) is 0 Å². The van der Waals surface area contributed by atoms with Crippen LogP contribution in [-0.4, -0.2) is 6.54 Å². The summed E-state index contributed by atoms with van der Waals surface area (Å²) in [5, 5.41) is 0. The van der Waals surface area contributed by atoms with Gasteiger partial charge >= 0.3 is 0 Å². The van der Waals surface area contributed by atoms with Crippen LogP contribution in [0.1, 0.15) is 20.8 Å². The molecule has 0 atom stereocenters. The Labute approximate surface area is 57.4 Å². The van der Waals surface area contributed by atoms with Crippen molar-refractivity contribution < 1.29 is 0 Å². The minimum Gasteiger partial charge on any atom is -0.327 e. The maximum absolute atomic E-state index is 5.10. The van der Waals surface area contributed by atoms with Gasteiger partial charge in [0.15, 0.2) is 0 Å². The Bertz CT molecular complexity index is 55.5. The summed E-state index contributed by atoms with van der Waals surface area (Å²) in [6, 6.07) is 0. The van der Waals surface area contributed by atoms with E-state index < -0.39 is 0 Å². The van der Waals surface area contributed by atoms with Gasteiger partial charge in [-0.25, -0.2) is 0 Å². The maximum Gasteiger partial charge on any atom is 0.0117 e. The Morgan fingerprint density at radius 1 is 1.62 bits per heavy atom. The predicted octanol–water partition coefficient (Wildman–Crippen LogP) is 1.80. The van der Waals surface area contributed by atoms with Crippen molar-refractivity contribution in [1.82, 2.24) is 0 Å². The molecule has 0 heterocycles. The molecule has 1 nitrogen and oxygen atoms in total. The van der Waals surface area contributed by atoms with Crippen LogP contribution in [0, 0.1) is 0 Å². The van der Waals surface area contributed by atoms with Gasteiger partial charge in [0.25, 0.3) is 0 Å². The summed E-state index contributed by atoms with van der Waals surface area (Å²) in [4.78, 5) is 0.984. The second kappa shape index (κ2) is 10.1. The van der Waals surface area contributed by atoms with Crippen molar-refractivity contribution in [2.75, 3.05) is 6.54 Å². The van der Waals surface area contributed by atoms with Gasteiger partial charge in [0.2, 0.25) is 0 Å². The molecule has 0 radical (unpaired) electrons. The molecule has 0 bridgehead atoms. The first-order chi connectivity index (χ1) is 3.77. The lowest BCUT2D eigenvalue weighted by Gasteiger charge is -1.79. The van der Waals surface area contributed by atoms with E-state index in [2.05, 4.69) is 12.6 Å². The van der Waals surface area contributed by atoms with Crippen molar-refractivity contribution in [2.45, 2.75) is 20.8 Å². The molecule has 8 heavy (non-hydrogen) atoms. The highest BCUT2D eigenvalue weighted by Crippen LogP contribution is 1.92. The van der Waals surface area contributed by atoms with E-state index in [1.807, 2.05) is 26.8 Å². The Morgan fingerprint density at radius 2 is 2.00 bits per heavy atom. The molecule has 0 saturated heterocycles. The van der Waals surface area contributed by atoms with E-state index in [0.717, 1.165) is 4.91 Å². The summed E-state index contributed by atoms with van der Waals surface area (Å²) in [5.74, 6) is 0. The average molecular weight is 133 g/mol. The van der Waals surface area contributed by atoms with E-state index in [0.29, 0.717) is 6.54 Å². The lowest BCUT2D eigenvalue weighted by atomic mass is 10.5. The molecular weight excluding hydrogens is 118 g/mol. The van der Waals surface area contributed by atoms with Crippen LogP contribution < -0.4 is 5.73 Å². The molecule has 0 aromatic rings. The Kier molecular flexibility index (Phi) is 13.8. The maximum atomic E-state index is 5.10. The lowest BCUT2D eigenvalue weighted by Crippen LogP contribution is -1.92. The number of allylic oxidation sites excluding steroid dienone is 1. The van der Waals surface area contributed by atoms with Crippen LogP contribution in [0.3, 0.4) is 0 Å². The van der Waals surface area contributed by atoms with Gasteiger partial charge in [-0.2, -0.15) is 0 Å². The van der Waals surface area contributed by atoms with Gasteiger partial charge in [0, 0.05) is 6.54 Å². The standard InChI is InChI=1S/C4H9NS.C2H6/c1-4(6)2-3-5;1-2/h2,6H,3,5H2,1H3;1-2H3/b4-2-;. The second-order valence-corrected chi connectivity index (χ2v) is 1.79. The van der Waals surface area contributed by atoms with Crippen LogP contribution in [0.5, 0.6) is 0 Å². The van der Waals surface area contributed by atoms with E-state index >= 15 is 0 Å². The van der Waals surface area contributed by atoms with Gasteiger partial charge in [0.1, 0.15) is 0 Å². The third kappa shape index (κ3) is 16.6. The topological polar surface area (TPSA) is 26.0 Å². The first kappa shape index (κ1) is 10.9. The number of thiol groups is 1. The van der Waals surface area contributed by atoms with E-state index in [1.54, 1.807) is 0 Å². The van der Waals surface area contributed by atoms with E-state index in [4.69, 9.17) is 5.73 Å². The second-order valence-electron chi connectivity index (χ2n) is 1.08. The highest BCUT2D eigenvalue weighted by atomic mass is 32.1. The average Bonchev–Trinajstić information content (AvgIpc) is 1.72. The normalized spacial score (nSPS) is 9.88. The van der Waals surface area contributed by atoms with E-state index in [-0.39, 0.29) is 0 Å². The van der Waals surface area contributed by atoms with Crippen LogP contribution in [0.4, 0.5) is 0 Å². The van der Waals surface area contributed by atoms with Crippen LogP contribution in [0.25, 0.3) is 0 Å². The van der Waals surface area contributed by atoms with Gasteiger partial charge in [-0.15, -0.1) is 12.6 Å². The first-order valence-corrected chi connectivity index (χ1v) is 3.28. The molecule has 0 saturated carbocycles. The molecule has 0 unspecified atom stereocenters. The zero-order chi connectivity index (χ0) is 6.99. The molecule has 0 amide bonds. The zero-order valence-electron chi connectivity index (χ0n) is 5.81. The van der Waals surface area contributed by atoms with Crippen LogP contribution >= 0.6 is 12.6 Å². The number of rotatable bonds is 1. The van der Waals surface area contributed by atoms with Crippen LogP contribution in [-0.2, 0) is 0 Å². The number of hydrogen-bond acceptors (Lipinski definition) is 2. The van der Waals surface area contributed by atoms with Crippen molar-refractivity contribution >= 4 is 12.6 Å². The van der Waals surface area contributed by atoms with Crippen LogP contribution in [0.2, 0.25) is 0 Å². The fraction of sp³-hybridized carbons (Fsp3) is 0.667. The molecule has 0 aromatic heterocycles. The van der Waals surface area contributed by atoms with Gasteiger partial charge in [0.05, 0.1) is 0 Å². The van der Waals surface area contributed by atoms with Crippen molar-refractivity contribution in [3.05, 3.63) is 11.0 Å². The predicted molar refractivity (Wildman–Crippen MR) is 43.1 cm³/mol. The molecular formula is C6H15NS. The third-order valence-corrected chi connectivity index (χ3v) is 0.596. The summed E-state index contributed by atoms with van der Waals surface area (Å²) in [6.07, 6.45) is 1.85. The Balaban J connectivity index is 0. The fourth-order valence-electron chi connectivity index (χ4n) is 0.171. The van der Waals surface area contributed by atoms with Gasteiger partial charge in [-0.05, 0) is 11.8 Å². The van der Waals surface area contributed by atoms with Gasteiger partial charge in [-0.1, -0.05) is 19.9 Å². The third-order valence-electron chi connectivity index (χ3n) is 0.413.